The van der Waals surface area contributed by atoms with E-state index in [2.05, 4.69) is 17.4 Å². The fourth-order valence-electron chi connectivity index (χ4n) is 5.89. The van der Waals surface area contributed by atoms with Crippen LogP contribution in [0.25, 0.3) is 0 Å². The quantitative estimate of drug-likeness (QED) is 0.731. The number of carbonyl (C=O) groups excluding carboxylic acids is 1. The van der Waals surface area contributed by atoms with Crippen molar-refractivity contribution in [3.8, 4) is 0 Å². The minimum Gasteiger partial charge on any atom is -0.381 e. The Morgan fingerprint density at radius 3 is 2.66 bits per heavy atom. The molecule has 2 saturated carbocycles. The van der Waals surface area contributed by atoms with E-state index in [1.807, 2.05) is 4.90 Å². The topological polar surface area (TPSA) is 41.6 Å². The van der Waals surface area contributed by atoms with Crippen LogP contribution in [0.2, 0.25) is 0 Å². The average molecular weight is 449 g/mol. The van der Waals surface area contributed by atoms with Crippen LogP contribution in [0, 0.1) is 23.5 Å². The van der Waals surface area contributed by atoms with Crippen LogP contribution in [-0.4, -0.2) is 42.6 Å². The first kappa shape index (κ1) is 22.0. The monoisotopic (exact) mass is 448 g/mol. The summed E-state index contributed by atoms with van der Waals surface area (Å²) in [5.74, 6) is 0.769. The van der Waals surface area contributed by atoms with Gasteiger partial charge in [0.25, 0.3) is 0 Å². The summed E-state index contributed by atoms with van der Waals surface area (Å²) in [5, 5.41) is 3.78. The second kappa shape index (κ2) is 8.53. The molecule has 2 aliphatic carbocycles. The van der Waals surface area contributed by atoms with Gasteiger partial charge in [0.05, 0.1) is 5.41 Å². The Hall–Kier alpha value is -1.78. The van der Waals surface area contributed by atoms with Gasteiger partial charge in [0, 0.05) is 44.0 Å². The molecule has 1 aromatic carbocycles. The SMILES string of the molecule is O=C(N1CCc2c#cc(C(F)(F)F)cc2C1)C1(CC2CC2)CCC(NC2CCOCC2)C1. The van der Waals surface area contributed by atoms with Crippen LogP contribution in [0.3, 0.4) is 0 Å². The summed E-state index contributed by atoms with van der Waals surface area (Å²) in [5.41, 5.74) is 0.134. The molecule has 174 valence electrons. The lowest BCUT2D eigenvalue weighted by atomic mass is 9.78. The number of carbonyl (C=O) groups is 1. The van der Waals surface area contributed by atoms with Gasteiger partial charge in [-0.15, -0.1) is 0 Å². The van der Waals surface area contributed by atoms with Gasteiger partial charge in [0.1, 0.15) is 5.56 Å². The van der Waals surface area contributed by atoms with Gasteiger partial charge in [-0.05, 0) is 62.5 Å². The standard InChI is InChI=1S/C25H31F3N2O2/c26-25(27,28)20-4-3-18-6-10-30(16-19(18)13-20)23(31)24(14-17-1-2-17)9-5-22(15-24)29-21-7-11-32-12-8-21/h13,17,21-22,29H,1-2,5-12,14-16H2. The summed E-state index contributed by atoms with van der Waals surface area (Å²) in [7, 11) is 0. The molecule has 0 bridgehead atoms. The third-order valence-electron chi connectivity index (χ3n) is 7.77. The number of alkyl halides is 3. The van der Waals surface area contributed by atoms with E-state index < -0.39 is 11.7 Å². The van der Waals surface area contributed by atoms with Crippen molar-refractivity contribution in [1.29, 1.82) is 0 Å². The van der Waals surface area contributed by atoms with E-state index in [4.69, 9.17) is 4.74 Å². The Morgan fingerprint density at radius 1 is 1.16 bits per heavy atom. The van der Waals surface area contributed by atoms with Gasteiger partial charge >= 0.3 is 6.18 Å². The van der Waals surface area contributed by atoms with Gasteiger partial charge < -0.3 is 15.0 Å². The molecule has 2 heterocycles. The highest BCUT2D eigenvalue weighted by Crippen LogP contribution is 2.50. The summed E-state index contributed by atoms with van der Waals surface area (Å²) in [6.07, 6.45) is 4.12. The number of nitrogens with zero attached hydrogens (tertiary/aromatic N) is 1. The van der Waals surface area contributed by atoms with E-state index in [1.54, 1.807) is 0 Å². The Balaban J connectivity index is 1.30. The molecule has 1 amide bonds. The zero-order valence-corrected chi connectivity index (χ0v) is 18.4. The normalized spacial score (nSPS) is 29.0. The molecule has 2 unspecified atom stereocenters. The Labute approximate surface area is 187 Å². The highest BCUT2D eigenvalue weighted by atomic mass is 19.4. The first-order chi connectivity index (χ1) is 15.3. The van der Waals surface area contributed by atoms with E-state index in [0.29, 0.717) is 36.5 Å². The van der Waals surface area contributed by atoms with Crippen molar-refractivity contribution in [2.24, 2.45) is 11.3 Å². The average Bonchev–Trinajstić information content (AvgIpc) is 3.50. The van der Waals surface area contributed by atoms with Crippen molar-refractivity contribution >= 4 is 5.91 Å². The molecule has 7 heteroatoms. The van der Waals surface area contributed by atoms with Gasteiger partial charge in [-0.2, -0.15) is 13.2 Å². The second-order valence-corrected chi connectivity index (χ2v) is 10.2. The second-order valence-electron chi connectivity index (χ2n) is 10.2. The summed E-state index contributed by atoms with van der Waals surface area (Å²) in [6.45, 7) is 2.37. The maximum Gasteiger partial charge on any atom is 0.424 e. The fourth-order valence-corrected chi connectivity index (χ4v) is 5.89. The first-order valence-corrected chi connectivity index (χ1v) is 12.0. The summed E-state index contributed by atoms with van der Waals surface area (Å²) in [4.78, 5) is 15.7. The molecule has 5 rings (SSSR count). The molecule has 4 nitrogen and oxygen atoms in total. The maximum absolute atomic E-state index is 13.9. The summed E-state index contributed by atoms with van der Waals surface area (Å²) < 4.78 is 44.9. The predicted molar refractivity (Wildman–Crippen MR) is 113 cm³/mol. The highest BCUT2D eigenvalue weighted by molar-refractivity contribution is 5.83. The van der Waals surface area contributed by atoms with Crippen LogP contribution in [0.1, 0.15) is 68.1 Å². The lowest BCUT2D eigenvalue weighted by Gasteiger charge is -2.37. The third-order valence-corrected chi connectivity index (χ3v) is 7.77. The van der Waals surface area contributed by atoms with Crippen molar-refractivity contribution < 1.29 is 22.7 Å². The smallest absolute Gasteiger partial charge is 0.381 e. The largest absolute Gasteiger partial charge is 0.424 e. The number of fused-ring (bicyclic) bond motifs is 1. The van der Waals surface area contributed by atoms with Crippen LogP contribution in [0.4, 0.5) is 13.2 Å². The molecule has 1 saturated heterocycles. The molecule has 0 radical (unpaired) electrons. The highest BCUT2D eigenvalue weighted by Gasteiger charge is 2.50. The van der Waals surface area contributed by atoms with E-state index in [-0.39, 0.29) is 17.9 Å². The van der Waals surface area contributed by atoms with Crippen molar-refractivity contribution in [2.75, 3.05) is 19.8 Å². The van der Waals surface area contributed by atoms with Crippen molar-refractivity contribution in [1.82, 2.24) is 10.2 Å². The van der Waals surface area contributed by atoms with E-state index in [9.17, 15) is 18.0 Å². The molecule has 0 spiro atoms. The van der Waals surface area contributed by atoms with E-state index >= 15 is 0 Å². The van der Waals surface area contributed by atoms with Gasteiger partial charge in [0.2, 0.25) is 5.91 Å². The van der Waals surface area contributed by atoms with Crippen molar-refractivity contribution in [3.05, 3.63) is 34.9 Å². The summed E-state index contributed by atoms with van der Waals surface area (Å²) >= 11 is 0. The van der Waals surface area contributed by atoms with Gasteiger partial charge in [-0.3, -0.25) is 4.79 Å². The van der Waals surface area contributed by atoms with E-state index in [1.165, 1.54) is 12.8 Å². The lowest BCUT2D eigenvalue weighted by Crippen LogP contribution is -2.47. The van der Waals surface area contributed by atoms with Gasteiger partial charge in [0.15, 0.2) is 0 Å². The Kier molecular flexibility index (Phi) is 5.88. The molecule has 2 atom stereocenters. The number of rotatable bonds is 5. The Bertz CT molecular complexity index is 848. The molecule has 0 aromatic heterocycles. The molecular formula is C25H31F3N2O2. The summed E-state index contributed by atoms with van der Waals surface area (Å²) in [6, 6.07) is 6.89. The third kappa shape index (κ3) is 4.63. The minimum absolute atomic E-state index is 0.146. The zero-order chi connectivity index (χ0) is 22.3. The number of nitrogens with one attached hydrogen (secondary N) is 1. The van der Waals surface area contributed by atoms with Crippen LogP contribution in [0.5, 0.6) is 0 Å². The molecule has 1 N–H and O–H groups in total. The fraction of sp³-hybridized carbons (Fsp3) is 0.720. The van der Waals surface area contributed by atoms with Crippen molar-refractivity contribution in [3.63, 3.8) is 0 Å². The number of amides is 1. The van der Waals surface area contributed by atoms with Crippen molar-refractivity contribution in [2.45, 2.75) is 82.6 Å². The molecule has 32 heavy (non-hydrogen) atoms. The minimum atomic E-state index is -4.44. The number of hydrogen-bond donors (Lipinski definition) is 1. The molecule has 1 aromatic rings. The van der Waals surface area contributed by atoms with Crippen LogP contribution < -0.4 is 5.32 Å². The molecule has 2 aliphatic heterocycles. The Morgan fingerprint density at radius 2 is 1.94 bits per heavy atom. The predicted octanol–water partition coefficient (Wildman–Crippen LogP) is 4.30. The molecular weight excluding hydrogens is 417 g/mol. The first-order valence-electron chi connectivity index (χ1n) is 12.0. The molecule has 3 fully saturated rings. The van der Waals surface area contributed by atoms with E-state index in [0.717, 1.165) is 63.4 Å². The van der Waals surface area contributed by atoms with Crippen LogP contribution in [0.15, 0.2) is 6.07 Å². The number of ether oxygens (including phenoxy) is 1. The zero-order valence-electron chi connectivity index (χ0n) is 18.4. The van der Waals surface area contributed by atoms with Gasteiger partial charge in [-0.1, -0.05) is 25.0 Å². The maximum atomic E-state index is 13.9. The van der Waals surface area contributed by atoms with Gasteiger partial charge in [-0.25, -0.2) is 0 Å². The number of hydrogen-bond acceptors (Lipinski definition) is 3. The lowest BCUT2D eigenvalue weighted by molar-refractivity contribution is -0.143. The van der Waals surface area contributed by atoms with Crippen LogP contribution in [-0.2, 0) is 28.7 Å². The molecule has 4 aliphatic rings. The number of halogens is 3. The van der Waals surface area contributed by atoms with Crippen LogP contribution >= 0.6 is 0 Å².